The quantitative estimate of drug-likeness (QED) is 0.507. The highest BCUT2D eigenvalue weighted by atomic mass is 32.1. The van der Waals surface area contributed by atoms with Crippen LogP contribution in [-0.4, -0.2) is 20.7 Å². The van der Waals surface area contributed by atoms with Crippen molar-refractivity contribution in [3.05, 3.63) is 74.0 Å². The molecule has 0 aliphatic rings. The maximum Gasteiger partial charge on any atom is 0.294 e. The third-order valence-electron chi connectivity index (χ3n) is 5.20. The fourth-order valence-electron chi connectivity index (χ4n) is 3.63. The Morgan fingerprint density at radius 3 is 2.45 bits per heavy atom. The van der Waals surface area contributed by atoms with Crippen LogP contribution in [0.3, 0.4) is 0 Å². The van der Waals surface area contributed by atoms with Gasteiger partial charge in [-0.25, -0.2) is 9.67 Å². The number of hydrogen-bond donors (Lipinski definition) is 1. The van der Waals surface area contributed by atoms with Gasteiger partial charge in [-0.05, 0) is 57.4 Å². The van der Waals surface area contributed by atoms with Crippen molar-refractivity contribution in [2.45, 2.75) is 41.2 Å². The molecule has 7 heteroatoms. The van der Waals surface area contributed by atoms with Crippen molar-refractivity contribution < 1.29 is 4.79 Å². The number of amides is 1. The molecule has 0 radical (unpaired) electrons. The number of thiazole rings is 1. The number of rotatable bonds is 4. The van der Waals surface area contributed by atoms with E-state index in [9.17, 15) is 9.59 Å². The van der Waals surface area contributed by atoms with E-state index in [1.807, 2.05) is 65.0 Å². The Morgan fingerprint density at radius 1 is 1.00 bits per heavy atom. The van der Waals surface area contributed by atoms with Crippen LogP contribution in [0.2, 0.25) is 0 Å². The van der Waals surface area contributed by atoms with Gasteiger partial charge in [-0.3, -0.25) is 9.59 Å². The zero-order valence-corrected chi connectivity index (χ0v) is 19.1. The number of nitrogens with zero attached hydrogens (tertiary/aromatic N) is 3. The van der Waals surface area contributed by atoms with E-state index in [-0.39, 0.29) is 18.0 Å². The van der Waals surface area contributed by atoms with Gasteiger partial charge in [-0.1, -0.05) is 35.9 Å². The van der Waals surface area contributed by atoms with Crippen molar-refractivity contribution in [3.8, 4) is 11.3 Å². The van der Waals surface area contributed by atoms with Crippen molar-refractivity contribution in [1.29, 1.82) is 0 Å². The molecule has 1 N–H and O–H groups in total. The molecule has 0 saturated carbocycles. The van der Waals surface area contributed by atoms with Crippen LogP contribution in [0.25, 0.3) is 21.5 Å². The summed E-state index contributed by atoms with van der Waals surface area (Å²) in [5.41, 5.74) is 6.56. The summed E-state index contributed by atoms with van der Waals surface area (Å²) in [5, 5.41) is 8.30. The Bertz CT molecular complexity index is 1380. The van der Waals surface area contributed by atoms with Gasteiger partial charge in [0.2, 0.25) is 5.91 Å². The Hall–Kier alpha value is -3.32. The zero-order chi connectivity index (χ0) is 22.3. The summed E-state index contributed by atoms with van der Waals surface area (Å²) in [6.45, 7) is 9.64. The molecule has 4 aromatic rings. The second kappa shape index (κ2) is 8.07. The highest BCUT2D eigenvalue weighted by Gasteiger charge is 2.19. The fourth-order valence-corrected chi connectivity index (χ4v) is 4.53. The summed E-state index contributed by atoms with van der Waals surface area (Å²) < 4.78 is 1.97. The molecule has 6 nitrogen and oxygen atoms in total. The fraction of sp³-hybridized carbons (Fsp3) is 0.250. The molecular weight excluding hydrogens is 408 g/mol. The molecule has 31 heavy (non-hydrogen) atoms. The predicted octanol–water partition coefficient (Wildman–Crippen LogP) is 4.70. The van der Waals surface area contributed by atoms with Gasteiger partial charge >= 0.3 is 0 Å². The van der Waals surface area contributed by atoms with Gasteiger partial charge in [-0.2, -0.15) is 5.10 Å². The van der Waals surface area contributed by atoms with Crippen LogP contribution >= 0.6 is 11.3 Å². The normalized spacial score (nSPS) is 11.1. The van der Waals surface area contributed by atoms with E-state index in [1.54, 1.807) is 0 Å². The number of nitrogens with one attached hydrogen (secondary N) is 1. The molecule has 0 bridgehead atoms. The summed E-state index contributed by atoms with van der Waals surface area (Å²) in [4.78, 5) is 30.2. The average Bonchev–Trinajstić information content (AvgIpc) is 3.09. The highest BCUT2D eigenvalue weighted by Crippen LogP contribution is 2.31. The molecule has 0 unspecified atom stereocenters. The average molecular weight is 433 g/mol. The van der Waals surface area contributed by atoms with Gasteiger partial charge in [0.1, 0.15) is 12.2 Å². The molecule has 158 valence electrons. The number of anilines is 1. The van der Waals surface area contributed by atoms with Crippen LogP contribution in [0.15, 0.2) is 41.2 Å². The summed E-state index contributed by atoms with van der Waals surface area (Å²) in [7, 11) is 0. The first-order valence-electron chi connectivity index (χ1n) is 10.1. The maximum absolute atomic E-state index is 13.0. The Kier molecular flexibility index (Phi) is 5.45. The molecule has 0 fully saturated rings. The van der Waals surface area contributed by atoms with E-state index in [1.165, 1.54) is 16.0 Å². The number of aryl methyl sites for hydroxylation is 5. The van der Waals surface area contributed by atoms with Crippen molar-refractivity contribution >= 4 is 33.1 Å². The van der Waals surface area contributed by atoms with Crippen LogP contribution < -0.4 is 10.9 Å². The third-order valence-corrected chi connectivity index (χ3v) is 6.18. The molecule has 2 heterocycles. The van der Waals surface area contributed by atoms with Crippen molar-refractivity contribution in [2.75, 3.05) is 5.32 Å². The van der Waals surface area contributed by atoms with E-state index in [0.29, 0.717) is 11.2 Å². The van der Waals surface area contributed by atoms with Gasteiger partial charge in [0.15, 0.2) is 5.52 Å². The monoisotopic (exact) mass is 432 g/mol. The van der Waals surface area contributed by atoms with Crippen molar-refractivity contribution in [3.63, 3.8) is 0 Å². The summed E-state index contributed by atoms with van der Waals surface area (Å²) in [6, 6.07) is 12.0. The largest absolute Gasteiger partial charge is 0.324 e. The lowest BCUT2D eigenvalue weighted by Crippen LogP contribution is -2.30. The SMILES string of the molecule is Cc1ccc(-c2nn(CC(=O)Nc3cc(C)ccc3C)c(=O)c3nc(C)sc23)c(C)c1. The van der Waals surface area contributed by atoms with Crippen LogP contribution in [0.1, 0.15) is 27.3 Å². The van der Waals surface area contributed by atoms with Crippen LogP contribution in [0.4, 0.5) is 5.69 Å². The second-order valence-corrected chi connectivity index (χ2v) is 9.11. The molecule has 0 aliphatic carbocycles. The van der Waals surface area contributed by atoms with Gasteiger partial charge < -0.3 is 5.32 Å². The number of carbonyl (C=O) groups excluding carboxylic acids is 1. The second-order valence-electron chi connectivity index (χ2n) is 7.91. The molecule has 2 aromatic carbocycles. The number of hydrogen-bond acceptors (Lipinski definition) is 5. The molecule has 4 rings (SSSR count). The number of fused-ring (bicyclic) bond motifs is 1. The summed E-state index contributed by atoms with van der Waals surface area (Å²) in [6.07, 6.45) is 0. The Morgan fingerprint density at radius 2 is 1.71 bits per heavy atom. The lowest BCUT2D eigenvalue weighted by atomic mass is 10.0. The minimum absolute atomic E-state index is 0.184. The first-order valence-corrected chi connectivity index (χ1v) is 10.9. The minimum atomic E-state index is -0.357. The molecule has 0 spiro atoms. The number of carbonyl (C=O) groups is 1. The van der Waals surface area contributed by atoms with Gasteiger partial charge in [-0.15, -0.1) is 11.3 Å². The van der Waals surface area contributed by atoms with Gasteiger partial charge in [0, 0.05) is 11.3 Å². The number of benzene rings is 2. The topological polar surface area (TPSA) is 76.9 Å². The van der Waals surface area contributed by atoms with Crippen LogP contribution in [0, 0.1) is 34.6 Å². The van der Waals surface area contributed by atoms with Gasteiger partial charge in [0.25, 0.3) is 5.56 Å². The zero-order valence-electron chi connectivity index (χ0n) is 18.2. The van der Waals surface area contributed by atoms with Crippen molar-refractivity contribution in [2.24, 2.45) is 0 Å². The Balaban J connectivity index is 1.78. The molecule has 0 saturated heterocycles. The smallest absolute Gasteiger partial charge is 0.294 e. The third kappa shape index (κ3) is 4.14. The first kappa shape index (κ1) is 20.9. The first-order chi connectivity index (χ1) is 14.7. The highest BCUT2D eigenvalue weighted by molar-refractivity contribution is 7.19. The van der Waals surface area contributed by atoms with E-state index >= 15 is 0 Å². The molecule has 2 aromatic heterocycles. The Labute approximate surface area is 184 Å². The van der Waals surface area contributed by atoms with E-state index in [0.717, 1.165) is 43.2 Å². The summed E-state index contributed by atoms with van der Waals surface area (Å²) >= 11 is 1.45. The van der Waals surface area contributed by atoms with Crippen LogP contribution in [-0.2, 0) is 11.3 Å². The predicted molar refractivity (Wildman–Crippen MR) is 126 cm³/mol. The van der Waals surface area contributed by atoms with E-state index in [2.05, 4.69) is 21.5 Å². The van der Waals surface area contributed by atoms with Gasteiger partial charge in [0.05, 0.1) is 9.71 Å². The standard InChI is InChI=1S/C24H24N4O2S/c1-13-7-9-18(16(4)10-13)21-23-22(25-17(5)31-23)24(30)28(27-21)12-20(29)26-19-11-14(2)6-8-15(19)3/h6-11H,12H2,1-5H3,(H,26,29). The van der Waals surface area contributed by atoms with E-state index in [4.69, 9.17) is 0 Å². The lowest BCUT2D eigenvalue weighted by Gasteiger charge is -2.12. The van der Waals surface area contributed by atoms with Crippen molar-refractivity contribution in [1.82, 2.24) is 14.8 Å². The summed E-state index contributed by atoms with van der Waals surface area (Å²) in [5.74, 6) is -0.304. The van der Waals surface area contributed by atoms with E-state index < -0.39 is 0 Å². The number of aromatic nitrogens is 3. The lowest BCUT2D eigenvalue weighted by molar-refractivity contribution is -0.117. The maximum atomic E-state index is 13.0. The molecule has 0 atom stereocenters. The minimum Gasteiger partial charge on any atom is -0.324 e. The molecule has 1 amide bonds. The van der Waals surface area contributed by atoms with Crippen LogP contribution in [0.5, 0.6) is 0 Å². The molecular formula is C24H24N4O2S. The molecule has 0 aliphatic heterocycles.